The highest BCUT2D eigenvalue weighted by Gasteiger charge is 2.26. The summed E-state index contributed by atoms with van der Waals surface area (Å²) in [6.07, 6.45) is 4.06. The van der Waals surface area contributed by atoms with Gasteiger partial charge in [-0.3, -0.25) is 13.6 Å². The van der Waals surface area contributed by atoms with Crippen LogP contribution in [0, 0.1) is 0 Å². The van der Waals surface area contributed by atoms with Crippen LogP contribution in [0.4, 0.5) is 0 Å². The number of phosphoric acid groups is 1. The molecular weight excluding hydrogens is 311 g/mol. The summed E-state index contributed by atoms with van der Waals surface area (Å²) in [6, 6.07) is 0. The molecule has 0 heterocycles. The third-order valence-corrected chi connectivity index (χ3v) is 4.08. The molecule has 0 rings (SSSR count). The summed E-state index contributed by atoms with van der Waals surface area (Å²) in [5.74, 6) is 0. The van der Waals surface area contributed by atoms with E-state index in [9.17, 15) is 4.57 Å². The van der Waals surface area contributed by atoms with Crippen molar-refractivity contribution in [3.05, 3.63) is 0 Å². The van der Waals surface area contributed by atoms with Gasteiger partial charge in [-0.1, -0.05) is 26.7 Å². The zero-order chi connectivity index (χ0) is 16.5. The van der Waals surface area contributed by atoms with Crippen molar-refractivity contribution >= 4 is 7.82 Å². The van der Waals surface area contributed by atoms with Gasteiger partial charge in [0.1, 0.15) is 0 Å². The fraction of sp³-hybridized carbons (Fsp3) is 1.00. The molecule has 134 valence electrons. The number of hydrogen-bond acceptors (Lipinski definition) is 7. The predicted octanol–water partition coefficient (Wildman–Crippen LogP) is 2.77. The number of aliphatic hydroxyl groups excluding tert-OH is 1. The summed E-state index contributed by atoms with van der Waals surface area (Å²) >= 11 is 0. The van der Waals surface area contributed by atoms with Gasteiger partial charge in [0.2, 0.25) is 0 Å². The molecule has 0 saturated heterocycles. The molecular formula is C14H31O7P. The predicted molar refractivity (Wildman–Crippen MR) is 84.0 cm³/mol. The second-order valence-corrected chi connectivity index (χ2v) is 6.27. The fourth-order valence-electron chi connectivity index (χ4n) is 1.38. The van der Waals surface area contributed by atoms with Crippen LogP contribution in [0.5, 0.6) is 0 Å². The van der Waals surface area contributed by atoms with E-state index in [1.807, 2.05) is 0 Å². The minimum atomic E-state index is -3.67. The first-order valence-electron chi connectivity index (χ1n) is 7.98. The van der Waals surface area contributed by atoms with Gasteiger partial charge in [0.25, 0.3) is 0 Å². The number of aliphatic hydroxyl groups is 1. The highest BCUT2D eigenvalue weighted by Crippen LogP contribution is 2.49. The van der Waals surface area contributed by atoms with Crippen molar-refractivity contribution in [1.82, 2.24) is 0 Å². The van der Waals surface area contributed by atoms with Gasteiger partial charge in [-0.15, -0.1) is 0 Å². The topological polar surface area (TPSA) is 83.5 Å². The Hall–Kier alpha value is -0.0100. The SMILES string of the molecule is CCCCOCCOP(=O)(OCCO)OCCOCCCC. The molecule has 0 bridgehead atoms. The number of rotatable bonds is 17. The molecule has 0 aliphatic rings. The molecule has 1 N–H and O–H groups in total. The first-order chi connectivity index (χ1) is 10.7. The molecule has 0 aromatic heterocycles. The van der Waals surface area contributed by atoms with Crippen molar-refractivity contribution in [3.8, 4) is 0 Å². The van der Waals surface area contributed by atoms with Crippen LogP contribution in [0.25, 0.3) is 0 Å². The van der Waals surface area contributed by atoms with Gasteiger partial charge in [-0.05, 0) is 12.8 Å². The zero-order valence-corrected chi connectivity index (χ0v) is 14.7. The van der Waals surface area contributed by atoms with Gasteiger partial charge >= 0.3 is 7.82 Å². The molecule has 8 heteroatoms. The average Bonchev–Trinajstić information content (AvgIpc) is 2.52. The second-order valence-electron chi connectivity index (χ2n) is 4.60. The summed E-state index contributed by atoms with van der Waals surface area (Å²) in [6.45, 7) is 5.96. The van der Waals surface area contributed by atoms with Crippen LogP contribution in [-0.4, -0.2) is 58.0 Å². The smallest absolute Gasteiger partial charge is 0.394 e. The van der Waals surface area contributed by atoms with Crippen molar-refractivity contribution in [3.63, 3.8) is 0 Å². The van der Waals surface area contributed by atoms with Crippen molar-refractivity contribution in [2.45, 2.75) is 39.5 Å². The lowest BCUT2D eigenvalue weighted by Gasteiger charge is -2.17. The monoisotopic (exact) mass is 342 g/mol. The van der Waals surface area contributed by atoms with Crippen molar-refractivity contribution < 1.29 is 32.7 Å². The van der Waals surface area contributed by atoms with Crippen molar-refractivity contribution in [1.29, 1.82) is 0 Å². The third kappa shape index (κ3) is 13.6. The summed E-state index contributed by atoms with van der Waals surface area (Å²) in [7, 11) is -3.67. The van der Waals surface area contributed by atoms with E-state index in [1.54, 1.807) is 0 Å². The highest BCUT2D eigenvalue weighted by molar-refractivity contribution is 7.48. The van der Waals surface area contributed by atoms with E-state index in [-0.39, 0.29) is 26.4 Å². The summed E-state index contributed by atoms with van der Waals surface area (Å²) < 4.78 is 38.2. The van der Waals surface area contributed by atoms with Gasteiger partial charge in [-0.2, -0.15) is 0 Å². The Morgan fingerprint density at radius 1 is 0.727 bits per heavy atom. The average molecular weight is 342 g/mol. The molecule has 22 heavy (non-hydrogen) atoms. The maximum absolute atomic E-state index is 12.3. The molecule has 0 spiro atoms. The molecule has 0 aliphatic heterocycles. The highest BCUT2D eigenvalue weighted by atomic mass is 31.2. The van der Waals surface area contributed by atoms with E-state index >= 15 is 0 Å². The number of phosphoric ester groups is 1. The Kier molecular flexibility index (Phi) is 15.9. The van der Waals surface area contributed by atoms with Crippen LogP contribution in [-0.2, 0) is 27.6 Å². The molecule has 0 fully saturated rings. The Morgan fingerprint density at radius 2 is 1.18 bits per heavy atom. The van der Waals surface area contributed by atoms with E-state index in [0.29, 0.717) is 26.4 Å². The molecule has 7 nitrogen and oxygen atoms in total. The first-order valence-corrected chi connectivity index (χ1v) is 9.44. The Morgan fingerprint density at radius 3 is 1.59 bits per heavy atom. The molecule has 0 amide bonds. The first kappa shape index (κ1) is 22.0. The van der Waals surface area contributed by atoms with Gasteiger partial charge < -0.3 is 14.6 Å². The Bertz CT molecular complexity index is 256. The summed E-state index contributed by atoms with van der Waals surface area (Å²) in [4.78, 5) is 0. The molecule has 0 atom stereocenters. The fourth-order valence-corrected chi connectivity index (χ4v) is 2.50. The van der Waals surface area contributed by atoms with Gasteiger partial charge in [0, 0.05) is 13.2 Å². The lowest BCUT2D eigenvalue weighted by Crippen LogP contribution is -2.11. The van der Waals surface area contributed by atoms with E-state index in [2.05, 4.69) is 13.8 Å². The lowest BCUT2D eigenvalue weighted by molar-refractivity contribution is 0.0415. The largest absolute Gasteiger partial charge is 0.475 e. The van der Waals surface area contributed by atoms with Crippen LogP contribution in [0.15, 0.2) is 0 Å². The van der Waals surface area contributed by atoms with Crippen LogP contribution < -0.4 is 0 Å². The van der Waals surface area contributed by atoms with Crippen LogP contribution in [0.3, 0.4) is 0 Å². The molecule has 0 aromatic rings. The van der Waals surface area contributed by atoms with E-state index in [1.165, 1.54) is 0 Å². The third-order valence-electron chi connectivity index (χ3n) is 2.58. The number of unbranched alkanes of at least 4 members (excludes halogenated alkanes) is 2. The molecule has 0 radical (unpaired) electrons. The quantitative estimate of drug-likeness (QED) is 0.321. The second kappa shape index (κ2) is 15.9. The lowest BCUT2D eigenvalue weighted by atomic mass is 10.4. The summed E-state index contributed by atoms with van der Waals surface area (Å²) in [5.41, 5.74) is 0. The standard InChI is InChI=1S/C14H31O7P/c1-3-5-8-17-11-13-20-22(16,19-10-7-15)21-14-12-18-9-6-4-2/h15H,3-14H2,1-2H3. The maximum atomic E-state index is 12.3. The minimum absolute atomic E-state index is 0.106. The Labute approximate surface area is 133 Å². The van der Waals surface area contributed by atoms with Crippen LogP contribution in [0.1, 0.15) is 39.5 Å². The number of hydrogen-bond donors (Lipinski definition) is 1. The van der Waals surface area contributed by atoms with Crippen molar-refractivity contribution in [2.75, 3.05) is 52.9 Å². The van der Waals surface area contributed by atoms with Crippen molar-refractivity contribution in [2.24, 2.45) is 0 Å². The van der Waals surface area contributed by atoms with Gasteiger partial charge in [0.15, 0.2) is 0 Å². The zero-order valence-electron chi connectivity index (χ0n) is 13.8. The molecule has 0 saturated carbocycles. The maximum Gasteiger partial charge on any atom is 0.475 e. The van der Waals surface area contributed by atoms with E-state index < -0.39 is 7.82 Å². The summed E-state index contributed by atoms with van der Waals surface area (Å²) in [5, 5.41) is 8.76. The van der Waals surface area contributed by atoms with Crippen LogP contribution >= 0.6 is 7.82 Å². The minimum Gasteiger partial charge on any atom is -0.394 e. The van der Waals surface area contributed by atoms with Crippen LogP contribution in [0.2, 0.25) is 0 Å². The van der Waals surface area contributed by atoms with E-state index in [0.717, 1.165) is 25.7 Å². The molecule has 0 aliphatic carbocycles. The molecule has 0 unspecified atom stereocenters. The molecule has 0 aromatic carbocycles. The Balaban J connectivity index is 3.87. The normalized spacial score (nSPS) is 12.0. The van der Waals surface area contributed by atoms with Gasteiger partial charge in [-0.25, -0.2) is 4.57 Å². The number of ether oxygens (including phenoxy) is 2. The van der Waals surface area contributed by atoms with E-state index in [4.69, 9.17) is 28.2 Å². The van der Waals surface area contributed by atoms with Gasteiger partial charge in [0.05, 0.1) is 39.6 Å².